The van der Waals surface area contributed by atoms with Crippen molar-refractivity contribution in [2.75, 3.05) is 26.7 Å². The third-order valence-electron chi connectivity index (χ3n) is 5.13. The van der Waals surface area contributed by atoms with Crippen molar-refractivity contribution in [1.82, 2.24) is 9.80 Å². The van der Waals surface area contributed by atoms with E-state index in [1.54, 1.807) is 0 Å². The highest BCUT2D eigenvalue weighted by Crippen LogP contribution is 2.33. The lowest BCUT2D eigenvalue weighted by Gasteiger charge is -2.47. The highest BCUT2D eigenvalue weighted by molar-refractivity contribution is 5.80. The summed E-state index contributed by atoms with van der Waals surface area (Å²) in [5, 5.41) is 0. The Labute approximate surface area is 111 Å². The number of hydrogen-bond acceptors (Lipinski definition) is 3. The number of nitrogens with zero attached hydrogens (tertiary/aromatic N) is 2. The van der Waals surface area contributed by atoms with Gasteiger partial charge in [-0.15, -0.1) is 0 Å². The molecule has 3 unspecified atom stereocenters. The third kappa shape index (κ3) is 2.62. The van der Waals surface area contributed by atoms with Crippen LogP contribution < -0.4 is 0 Å². The van der Waals surface area contributed by atoms with Crippen LogP contribution in [0.15, 0.2) is 0 Å². The number of Topliss-reactive ketones (excluding diaryl/α,β-unsaturated/α-hetero) is 1. The van der Waals surface area contributed by atoms with Gasteiger partial charge in [-0.2, -0.15) is 0 Å². The number of piperidine rings is 3. The standard InChI is InChI=1S/C15H26N2O/c1-16-7-3-4-12(10-16)11-17-13-5-2-6-14(17)9-15(18)8-13/h12-14H,2-11H2,1H3. The van der Waals surface area contributed by atoms with E-state index in [2.05, 4.69) is 16.8 Å². The molecule has 0 spiro atoms. The zero-order valence-electron chi connectivity index (χ0n) is 11.6. The van der Waals surface area contributed by atoms with Crippen LogP contribution in [0, 0.1) is 5.92 Å². The zero-order valence-corrected chi connectivity index (χ0v) is 11.6. The average molecular weight is 250 g/mol. The third-order valence-corrected chi connectivity index (χ3v) is 5.13. The van der Waals surface area contributed by atoms with Gasteiger partial charge in [-0.3, -0.25) is 9.69 Å². The molecule has 0 N–H and O–H groups in total. The van der Waals surface area contributed by atoms with Crippen LogP contribution in [0.2, 0.25) is 0 Å². The molecule has 3 fully saturated rings. The maximum atomic E-state index is 11.7. The van der Waals surface area contributed by atoms with Crippen LogP contribution in [0.4, 0.5) is 0 Å². The zero-order chi connectivity index (χ0) is 12.5. The van der Waals surface area contributed by atoms with Crippen molar-refractivity contribution in [3.8, 4) is 0 Å². The lowest BCUT2D eigenvalue weighted by atomic mass is 9.82. The molecule has 3 atom stereocenters. The van der Waals surface area contributed by atoms with Crippen molar-refractivity contribution >= 4 is 5.78 Å². The molecule has 0 amide bonds. The summed E-state index contributed by atoms with van der Waals surface area (Å²) in [5.41, 5.74) is 0. The summed E-state index contributed by atoms with van der Waals surface area (Å²) in [6, 6.07) is 1.16. The first-order chi connectivity index (χ1) is 8.72. The maximum Gasteiger partial charge on any atom is 0.136 e. The fourth-order valence-electron chi connectivity index (χ4n) is 4.28. The second-order valence-corrected chi connectivity index (χ2v) is 6.65. The Hall–Kier alpha value is -0.410. The van der Waals surface area contributed by atoms with E-state index in [9.17, 15) is 4.79 Å². The Morgan fingerprint density at radius 2 is 1.83 bits per heavy atom. The van der Waals surface area contributed by atoms with Gasteiger partial charge in [0.25, 0.3) is 0 Å². The SMILES string of the molecule is CN1CCCC(CN2C3CCCC2CC(=O)C3)C1. The summed E-state index contributed by atoms with van der Waals surface area (Å²) in [6.45, 7) is 3.76. The number of likely N-dealkylation sites (tertiary alicyclic amines) is 1. The van der Waals surface area contributed by atoms with Crippen LogP contribution in [0.3, 0.4) is 0 Å². The number of ketones is 1. The van der Waals surface area contributed by atoms with Gasteiger partial charge in [-0.05, 0) is 45.2 Å². The summed E-state index contributed by atoms with van der Waals surface area (Å²) >= 11 is 0. The Balaban J connectivity index is 1.62. The quantitative estimate of drug-likeness (QED) is 0.748. The molecular formula is C15H26N2O. The molecule has 102 valence electrons. The van der Waals surface area contributed by atoms with Gasteiger partial charge in [0.1, 0.15) is 5.78 Å². The monoisotopic (exact) mass is 250 g/mol. The minimum atomic E-state index is 0.515. The molecule has 0 radical (unpaired) electrons. The van der Waals surface area contributed by atoms with Gasteiger partial charge in [0, 0.05) is 38.0 Å². The summed E-state index contributed by atoms with van der Waals surface area (Å²) in [7, 11) is 2.24. The molecular weight excluding hydrogens is 224 g/mol. The van der Waals surface area contributed by atoms with Crippen molar-refractivity contribution in [1.29, 1.82) is 0 Å². The van der Waals surface area contributed by atoms with Crippen LogP contribution in [0.5, 0.6) is 0 Å². The van der Waals surface area contributed by atoms with E-state index >= 15 is 0 Å². The van der Waals surface area contributed by atoms with Gasteiger partial charge < -0.3 is 4.90 Å². The molecule has 18 heavy (non-hydrogen) atoms. The highest BCUT2D eigenvalue weighted by Gasteiger charge is 2.38. The molecule has 0 saturated carbocycles. The fourth-order valence-corrected chi connectivity index (χ4v) is 4.28. The van der Waals surface area contributed by atoms with Gasteiger partial charge in [0.15, 0.2) is 0 Å². The van der Waals surface area contributed by atoms with Gasteiger partial charge in [0.05, 0.1) is 0 Å². The van der Waals surface area contributed by atoms with E-state index in [0.29, 0.717) is 17.9 Å². The Bertz CT molecular complexity index is 302. The Morgan fingerprint density at radius 1 is 1.11 bits per heavy atom. The Morgan fingerprint density at radius 3 is 2.50 bits per heavy atom. The predicted molar refractivity (Wildman–Crippen MR) is 72.6 cm³/mol. The number of carbonyl (C=O) groups is 1. The molecule has 3 aliphatic heterocycles. The average Bonchev–Trinajstić information content (AvgIpc) is 2.30. The normalized spacial score (nSPS) is 38.9. The smallest absolute Gasteiger partial charge is 0.136 e. The van der Waals surface area contributed by atoms with Crippen LogP contribution in [-0.2, 0) is 4.79 Å². The second kappa shape index (κ2) is 5.30. The van der Waals surface area contributed by atoms with E-state index < -0.39 is 0 Å². The number of rotatable bonds is 2. The first-order valence-electron chi connectivity index (χ1n) is 7.68. The number of fused-ring (bicyclic) bond motifs is 2. The molecule has 0 aromatic carbocycles. The van der Waals surface area contributed by atoms with Crippen molar-refractivity contribution < 1.29 is 4.79 Å². The molecule has 3 aliphatic rings. The summed E-state index contributed by atoms with van der Waals surface area (Å²) < 4.78 is 0. The first-order valence-corrected chi connectivity index (χ1v) is 7.68. The fraction of sp³-hybridized carbons (Fsp3) is 0.933. The molecule has 0 aromatic rings. The van der Waals surface area contributed by atoms with E-state index in [4.69, 9.17) is 0 Å². The van der Waals surface area contributed by atoms with Crippen LogP contribution in [-0.4, -0.2) is 54.3 Å². The van der Waals surface area contributed by atoms with Crippen molar-refractivity contribution in [2.45, 2.75) is 57.0 Å². The highest BCUT2D eigenvalue weighted by atomic mass is 16.1. The molecule has 0 aliphatic carbocycles. The van der Waals surface area contributed by atoms with Gasteiger partial charge in [0.2, 0.25) is 0 Å². The van der Waals surface area contributed by atoms with Gasteiger partial charge in [-0.25, -0.2) is 0 Å². The molecule has 3 heterocycles. The Kier molecular flexibility index (Phi) is 3.71. The second-order valence-electron chi connectivity index (χ2n) is 6.65. The molecule has 0 aromatic heterocycles. The molecule has 3 nitrogen and oxygen atoms in total. The lowest BCUT2D eigenvalue weighted by molar-refractivity contribution is -0.127. The van der Waals surface area contributed by atoms with Gasteiger partial charge >= 0.3 is 0 Å². The van der Waals surface area contributed by atoms with Crippen molar-refractivity contribution in [2.24, 2.45) is 5.92 Å². The van der Waals surface area contributed by atoms with Gasteiger partial charge in [-0.1, -0.05) is 6.42 Å². The lowest BCUT2D eigenvalue weighted by Crippen LogP contribution is -2.54. The van der Waals surface area contributed by atoms with E-state index in [1.165, 1.54) is 51.7 Å². The number of carbonyl (C=O) groups excluding carboxylic acids is 1. The summed E-state index contributed by atoms with van der Waals surface area (Å²) in [4.78, 5) is 16.9. The minimum Gasteiger partial charge on any atom is -0.306 e. The summed E-state index contributed by atoms with van der Waals surface area (Å²) in [5.74, 6) is 1.35. The van der Waals surface area contributed by atoms with E-state index in [-0.39, 0.29) is 0 Å². The molecule has 3 saturated heterocycles. The van der Waals surface area contributed by atoms with Crippen molar-refractivity contribution in [3.63, 3.8) is 0 Å². The molecule has 2 bridgehead atoms. The van der Waals surface area contributed by atoms with Crippen molar-refractivity contribution in [3.05, 3.63) is 0 Å². The van der Waals surface area contributed by atoms with E-state index in [1.807, 2.05) is 0 Å². The van der Waals surface area contributed by atoms with E-state index in [0.717, 1.165) is 18.8 Å². The van der Waals surface area contributed by atoms with Crippen LogP contribution in [0.1, 0.15) is 44.9 Å². The molecule has 3 rings (SSSR count). The summed E-state index contributed by atoms with van der Waals surface area (Å²) in [6.07, 6.45) is 8.24. The number of hydrogen-bond donors (Lipinski definition) is 0. The van der Waals surface area contributed by atoms with Crippen LogP contribution in [0.25, 0.3) is 0 Å². The predicted octanol–water partition coefficient (Wildman–Crippen LogP) is 1.91. The minimum absolute atomic E-state index is 0.515. The maximum absolute atomic E-state index is 11.7. The topological polar surface area (TPSA) is 23.6 Å². The molecule has 3 heteroatoms. The largest absolute Gasteiger partial charge is 0.306 e. The van der Waals surface area contributed by atoms with Crippen LogP contribution >= 0.6 is 0 Å². The first kappa shape index (κ1) is 12.6.